The van der Waals surface area contributed by atoms with Crippen LogP contribution >= 0.6 is 22.9 Å². The molecule has 0 radical (unpaired) electrons. The molecule has 23 heavy (non-hydrogen) atoms. The Morgan fingerprint density at radius 1 is 1.13 bits per heavy atom. The van der Waals surface area contributed by atoms with Crippen molar-refractivity contribution in [3.05, 3.63) is 58.4 Å². The predicted octanol–water partition coefficient (Wildman–Crippen LogP) is 4.32. The van der Waals surface area contributed by atoms with E-state index in [1.807, 2.05) is 6.07 Å². The highest BCUT2D eigenvalue weighted by molar-refractivity contribution is 7.14. The van der Waals surface area contributed by atoms with Crippen molar-refractivity contribution in [2.45, 2.75) is 0 Å². The normalized spacial score (nSPS) is 11.0. The monoisotopic (exact) mass is 345 g/mol. The Labute approximate surface area is 141 Å². The average Bonchev–Trinajstić information content (AvgIpc) is 3.00. The van der Waals surface area contributed by atoms with Crippen LogP contribution in [0.25, 0.3) is 11.3 Å². The highest BCUT2D eigenvalue weighted by Gasteiger charge is 2.09. The van der Waals surface area contributed by atoms with Gasteiger partial charge in [-0.2, -0.15) is 5.10 Å². The number of hydrogen-bond acceptors (Lipinski definition) is 6. The molecule has 3 aromatic rings. The molecule has 0 amide bonds. The van der Waals surface area contributed by atoms with Gasteiger partial charge in [-0.25, -0.2) is 4.98 Å². The van der Waals surface area contributed by atoms with Crippen molar-refractivity contribution in [3.63, 3.8) is 0 Å². The molecule has 0 saturated heterocycles. The summed E-state index contributed by atoms with van der Waals surface area (Å²) in [5.74, 6) is 0.269. The van der Waals surface area contributed by atoms with Crippen molar-refractivity contribution < 1.29 is 10.2 Å². The second-order valence-corrected chi connectivity index (χ2v) is 5.92. The zero-order chi connectivity index (χ0) is 16.2. The van der Waals surface area contributed by atoms with E-state index >= 15 is 0 Å². The third-order valence-electron chi connectivity index (χ3n) is 3.04. The molecule has 5 nitrogen and oxygen atoms in total. The van der Waals surface area contributed by atoms with E-state index in [2.05, 4.69) is 15.5 Å². The van der Waals surface area contributed by atoms with Crippen molar-refractivity contribution in [2.75, 3.05) is 5.43 Å². The Bertz CT molecular complexity index is 864. The number of hydrazone groups is 1. The van der Waals surface area contributed by atoms with Gasteiger partial charge < -0.3 is 10.2 Å². The maximum Gasteiger partial charge on any atom is 0.203 e. The molecule has 0 aliphatic rings. The van der Waals surface area contributed by atoms with E-state index in [0.29, 0.717) is 27.0 Å². The summed E-state index contributed by atoms with van der Waals surface area (Å²) in [4.78, 5) is 4.35. The number of hydrogen-bond donors (Lipinski definition) is 3. The lowest BCUT2D eigenvalue weighted by molar-refractivity contribution is 0.474. The molecule has 7 heteroatoms. The molecule has 2 aromatic carbocycles. The summed E-state index contributed by atoms with van der Waals surface area (Å²) < 4.78 is 0. The maximum atomic E-state index is 9.88. The molecular weight excluding hydrogens is 334 g/mol. The Morgan fingerprint density at radius 3 is 2.78 bits per heavy atom. The van der Waals surface area contributed by atoms with E-state index < -0.39 is 0 Å². The molecule has 0 aliphatic carbocycles. The fraction of sp³-hybridized carbons (Fsp3) is 0. The minimum atomic E-state index is 0.115. The molecule has 0 bridgehead atoms. The van der Waals surface area contributed by atoms with Crippen LogP contribution in [0.4, 0.5) is 5.13 Å². The van der Waals surface area contributed by atoms with Crippen LogP contribution in [0.3, 0.4) is 0 Å². The standard InChI is InChI=1S/C16H12ClN3O2S/c17-11-5-6-15(22)12(7-11)13-9-23-16(19-13)20-18-8-10-3-1-2-4-14(10)21/h1-9,21-22H,(H,19,20)/b18-8+. The van der Waals surface area contributed by atoms with E-state index in [4.69, 9.17) is 11.6 Å². The molecule has 1 heterocycles. The minimum absolute atomic E-state index is 0.115. The van der Waals surface area contributed by atoms with Crippen molar-refractivity contribution in [1.82, 2.24) is 4.98 Å². The van der Waals surface area contributed by atoms with Crippen LogP contribution in [0.1, 0.15) is 5.56 Å². The van der Waals surface area contributed by atoms with Crippen LogP contribution in [0.2, 0.25) is 5.02 Å². The van der Waals surface area contributed by atoms with E-state index in [1.54, 1.807) is 35.7 Å². The second-order valence-electron chi connectivity index (χ2n) is 4.63. The Kier molecular flexibility index (Phi) is 4.45. The number of halogens is 1. The SMILES string of the molecule is Oc1ccccc1/C=N/Nc1nc(-c2cc(Cl)ccc2O)cs1. The minimum Gasteiger partial charge on any atom is -0.507 e. The first-order valence-electron chi connectivity index (χ1n) is 6.65. The van der Waals surface area contributed by atoms with Crippen LogP contribution in [-0.4, -0.2) is 21.4 Å². The van der Waals surface area contributed by atoms with Gasteiger partial charge in [0.2, 0.25) is 5.13 Å². The topological polar surface area (TPSA) is 77.7 Å². The largest absolute Gasteiger partial charge is 0.507 e. The summed E-state index contributed by atoms with van der Waals surface area (Å²) in [6.07, 6.45) is 1.51. The van der Waals surface area contributed by atoms with Gasteiger partial charge in [0.1, 0.15) is 11.5 Å². The lowest BCUT2D eigenvalue weighted by Gasteiger charge is -2.01. The summed E-state index contributed by atoms with van der Waals surface area (Å²) in [6, 6.07) is 11.7. The quantitative estimate of drug-likeness (QED) is 0.486. The molecule has 0 atom stereocenters. The zero-order valence-electron chi connectivity index (χ0n) is 11.8. The fourth-order valence-electron chi connectivity index (χ4n) is 1.92. The molecule has 0 fully saturated rings. The number of rotatable bonds is 4. The molecule has 3 rings (SSSR count). The molecule has 0 spiro atoms. The number of anilines is 1. The first-order valence-corrected chi connectivity index (χ1v) is 7.91. The smallest absolute Gasteiger partial charge is 0.203 e. The summed E-state index contributed by atoms with van der Waals surface area (Å²) in [7, 11) is 0. The number of phenols is 2. The van der Waals surface area contributed by atoms with Crippen molar-refractivity contribution in [1.29, 1.82) is 0 Å². The lowest BCUT2D eigenvalue weighted by Crippen LogP contribution is -1.90. The van der Waals surface area contributed by atoms with Crippen LogP contribution in [0.5, 0.6) is 11.5 Å². The first-order chi connectivity index (χ1) is 11.1. The highest BCUT2D eigenvalue weighted by atomic mass is 35.5. The molecular formula is C16H12ClN3O2S. The van der Waals surface area contributed by atoms with Crippen molar-refractivity contribution >= 4 is 34.3 Å². The number of aromatic nitrogens is 1. The average molecular weight is 346 g/mol. The number of nitrogens with zero attached hydrogens (tertiary/aromatic N) is 2. The first kappa shape index (κ1) is 15.3. The van der Waals surface area contributed by atoms with E-state index in [0.717, 1.165) is 0 Å². The van der Waals surface area contributed by atoms with Gasteiger partial charge in [-0.05, 0) is 30.3 Å². The molecule has 1 aromatic heterocycles. The lowest BCUT2D eigenvalue weighted by atomic mass is 10.1. The molecule has 0 saturated carbocycles. The van der Waals surface area contributed by atoms with E-state index in [-0.39, 0.29) is 11.5 Å². The van der Waals surface area contributed by atoms with Gasteiger partial charge in [0, 0.05) is 21.5 Å². The van der Waals surface area contributed by atoms with Gasteiger partial charge in [-0.15, -0.1) is 11.3 Å². The fourth-order valence-corrected chi connectivity index (χ4v) is 2.75. The second kappa shape index (κ2) is 6.68. The van der Waals surface area contributed by atoms with Crippen LogP contribution in [0, 0.1) is 0 Å². The van der Waals surface area contributed by atoms with E-state index in [9.17, 15) is 10.2 Å². The number of nitrogens with one attached hydrogen (secondary N) is 1. The summed E-state index contributed by atoms with van der Waals surface area (Å²) in [5.41, 5.74) is 4.57. The summed E-state index contributed by atoms with van der Waals surface area (Å²) >= 11 is 7.29. The number of aromatic hydroxyl groups is 2. The van der Waals surface area contributed by atoms with Gasteiger partial charge in [0.25, 0.3) is 0 Å². The zero-order valence-corrected chi connectivity index (χ0v) is 13.3. The van der Waals surface area contributed by atoms with Gasteiger partial charge >= 0.3 is 0 Å². The van der Waals surface area contributed by atoms with Gasteiger partial charge in [0.05, 0.1) is 11.9 Å². The van der Waals surface area contributed by atoms with Crippen molar-refractivity contribution in [3.8, 4) is 22.8 Å². The van der Waals surface area contributed by atoms with Gasteiger partial charge in [-0.3, -0.25) is 5.43 Å². The molecule has 0 aliphatic heterocycles. The Morgan fingerprint density at radius 2 is 1.96 bits per heavy atom. The maximum absolute atomic E-state index is 9.88. The highest BCUT2D eigenvalue weighted by Crippen LogP contribution is 2.33. The number of para-hydroxylation sites is 1. The Hall–Kier alpha value is -2.57. The molecule has 3 N–H and O–H groups in total. The number of phenolic OH excluding ortho intramolecular Hbond substituents is 2. The molecule has 0 unspecified atom stereocenters. The third-order valence-corrected chi connectivity index (χ3v) is 4.02. The van der Waals surface area contributed by atoms with Gasteiger partial charge in [-0.1, -0.05) is 23.7 Å². The van der Waals surface area contributed by atoms with E-state index in [1.165, 1.54) is 23.6 Å². The predicted molar refractivity (Wildman–Crippen MR) is 93.5 cm³/mol. The van der Waals surface area contributed by atoms with Crippen molar-refractivity contribution in [2.24, 2.45) is 5.10 Å². The van der Waals surface area contributed by atoms with Crippen LogP contribution in [0.15, 0.2) is 52.9 Å². The number of thiazole rings is 1. The summed E-state index contributed by atoms with van der Waals surface area (Å²) in [6.45, 7) is 0. The Balaban J connectivity index is 1.75. The summed E-state index contributed by atoms with van der Waals surface area (Å²) in [5, 5.41) is 26.5. The van der Waals surface area contributed by atoms with Crippen LogP contribution < -0.4 is 5.43 Å². The van der Waals surface area contributed by atoms with Crippen LogP contribution in [-0.2, 0) is 0 Å². The third kappa shape index (κ3) is 3.61. The number of benzene rings is 2. The van der Waals surface area contributed by atoms with Gasteiger partial charge in [0.15, 0.2) is 0 Å². The molecule has 116 valence electrons.